The molecule has 17 heavy (non-hydrogen) atoms. The third kappa shape index (κ3) is 2.12. The fourth-order valence-electron chi connectivity index (χ4n) is 3.64. The minimum absolute atomic E-state index is 0.564. The number of fused-ring (bicyclic) bond motifs is 1. The maximum atomic E-state index is 3.76. The lowest BCUT2D eigenvalue weighted by atomic mass is 9.89. The fraction of sp³-hybridized carbons (Fsp3) is 0.600. The van der Waals surface area contributed by atoms with Crippen molar-refractivity contribution in [1.29, 1.82) is 0 Å². The van der Waals surface area contributed by atoms with E-state index in [4.69, 9.17) is 0 Å². The van der Waals surface area contributed by atoms with Gasteiger partial charge in [0.05, 0.1) is 0 Å². The minimum Gasteiger partial charge on any atom is -0.308 e. The van der Waals surface area contributed by atoms with Gasteiger partial charge in [0.1, 0.15) is 0 Å². The molecule has 1 heterocycles. The van der Waals surface area contributed by atoms with Gasteiger partial charge in [-0.05, 0) is 31.4 Å². The van der Waals surface area contributed by atoms with Gasteiger partial charge in [0.25, 0.3) is 0 Å². The summed E-state index contributed by atoms with van der Waals surface area (Å²) < 4.78 is 0. The molecule has 1 aromatic rings. The summed E-state index contributed by atoms with van der Waals surface area (Å²) in [5, 5.41) is 3.76. The van der Waals surface area contributed by atoms with Crippen molar-refractivity contribution in [2.75, 3.05) is 20.1 Å². The standard InChI is InChI=1S/C15H22N2/c1-17-11-10-16-15(12-6-3-2-4-7-12)13-8-5-9-14(13)17/h2-4,6-7,13-16H,5,8-11H2,1H3. The molecule has 2 heteroatoms. The van der Waals surface area contributed by atoms with E-state index in [0.717, 1.165) is 18.5 Å². The van der Waals surface area contributed by atoms with Crippen LogP contribution in [0.25, 0.3) is 0 Å². The van der Waals surface area contributed by atoms with Gasteiger partial charge in [-0.2, -0.15) is 0 Å². The van der Waals surface area contributed by atoms with Crippen LogP contribution >= 0.6 is 0 Å². The highest BCUT2D eigenvalue weighted by molar-refractivity contribution is 5.21. The first kappa shape index (κ1) is 11.2. The number of nitrogens with one attached hydrogen (secondary N) is 1. The molecule has 1 aromatic carbocycles. The molecule has 1 aliphatic carbocycles. The van der Waals surface area contributed by atoms with Crippen LogP contribution in [0.3, 0.4) is 0 Å². The Balaban J connectivity index is 1.88. The van der Waals surface area contributed by atoms with E-state index in [1.807, 2.05) is 0 Å². The largest absolute Gasteiger partial charge is 0.308 e. The predicted octanol–water partition coefficient (Wildman–Crippen LogP) is 2.43. The lowest BCUT2D eigenvalue weighted by molar-refractivity contribution is 0.207. The maximum absolute atomic E-state index is 3.76. The average molecular weight is 230 g/mol. The van der Waals surface area contributed by atoms with Crippen molar-refractivity contribution in [3.8, 4) is 0 Å². The lowest BCUT2D eigenvalue weighted by Crippen LogP contribution is -2.35. The van der Waals surface area contributed by atoms with Gasteiger partial charge in [-0.15, -0.1) is 0 Å². The van der Waals surface area contributed by atoms with Crippen molar-refractivity contribution in [2.45, 2.75) is 31.3 Å². The van der Waals surface area contributed by atoms with Crippen LogP contribution in [-0.4, -0.2) is 31.1 Å². The van der Waals surface area contributed by atoms with Crippen LogP contribution in [0.15, 0.2) is 30.3 Å². The van der Waals surface area contributed by atoms with Gasteiger partial charge < -0.3 is 10.2 Å². The summed E-state index contributed by atoms with van der Waals surface area (Å²) in [6.07, 6.45) is 4.15. The predicted molar refractivity (Wildman–Crippen MR) is 70.9 cm³/mol. The minimum atomic E-state index is 0.564. The van der Waals surface area contributed by atoms with E-state index < -0.39 is 0 Å². The summed E-state index contributed by atoms with van der Waals surface area (Å²) in [7, 11) is 2.29. The first-order chi connectivity index (χ1) is 8.36. The smallest absolute Gasteiger partial charge is 0.0364 e. The maximum Gasteiger partial charge on any atom is 0.0364 e. The number of benzene rings is 1. The Morgan fingerprint density at radius 2 is 2.00 bits per heavy atom. The number of hydrogen-bond acceptors (Lipinski definition) is 2. The van der Waals surface area contributed by atoms with Crippen molar-refractivity contribution < 1.29 is 0 Å². The molecule has 1 N–H and O–H groups in total. The van der Waals surface area contributed by atoms with E-state index in [1.165, 1.54) is 31.4 Å². The van der Waals surface area contributed by atoms with E-state index in [2.05, 4.69) is 47.6 Å². The molecule has 2 nitrogen and oxygen atoms in total. The Bertz CT molecular complexity index is 362. The van der Waals surface area contributed by atoms with Crippen LogP contribution < -0.4 is 5.32 Å². The van der Waals surface area contributed by atoms with E-state index in [1.54, 1.807) is 0 Å². The molecule has 2 fully saturated rings. The van der Waals surface area contributed by atoms with Crippen LogP contribution in [0.4, 0.5) is 0 Å². The van der Waals surface area contributed by atoms with E-state index >= 15 is 0 Å². The summed E-state index contributed by atoms with van der Waals surface area (Å²) in [5.41, 5.74) is 1.47. The first-order valence-corrected chi connectivity index (χ1v) is 6.85. The van der Waals surface area contributed by atoms with E-state index in [-0.39, 0.29) is 0 Å². The molecule has 0 radical (unpaired) electrons. The highest BCUT2D eigenvalue weighted by atomic mass is 15.2. The SMILES string of the molecule is CN1CCNC(c2ccccc2)C2CCCC21. The monoisotopic (exact) mass is 230 g/mol. The molecule has 92 valence electrons. The van der Waals surface area contributed by atoms with Crippen LogP contribution in [0.5, 0.6) is 0 Å². The van der Waals surface area contributed by atoms with Gasteiger partial charge in [0.2, 0.25) is 0 Å². The summed E-state index contributed by atoms with van der Waals surface area (Å²) in [6, 6.07) is 12.3. The first-order valence-electron chi connectivity index (χ1n) is 6.85. The topological polar surface area (TPSA) is 15.3 Å². The fourth-order valence-corrected chi connectivity index (χ4v) is 3.64. The van der Waals surface area contributed by atoms with Crippen molar-refractivity contribution in [1.82, 2.24) is 10.2 Å². The summed E-state index contributed by atoms with van der Waals surface area (Å²) in [6.45, 7) is 2.30. The molecule has 1 saturated heterocycles. The molecule has 0 amide bonds. The zero-order chi connectivity index (χ0) is 11.7. The van der Waals surface area contributed by atoms with Crippen LogP contribution in [-0.2, 0) is 0 Å². The zero-order valence-corrected chi connectivity index (χ0v) is 10.6. The lowest BCUT2D eigenvalue weighted by Gasteiger charge is -2.30. The van der Waals surface area contributed by atoms with Gasteiger partial charge in [-0.1, -0.05) is 36.8 Å². The molecule has 2 aliphatic rings. The number of hydrogen-bond donors (Lipinski definition) is 1. The van der Waals surface area contributed by atoms with Gasteiger partial charge in [0, 0.05) is 25.2 Å². The molecule has 1 aliphatic heterocycles. The summed E-state index contributed by atoms with van der Waals surface area (Å²) >= 11 is 0. The Morgan fingerprint density at radius 1 is 1.18 bits per heavy atom. The number of nitrogens with zero attached hydrogens (tertiary/aromatic N) is 1. The van der Waals surface area contributed by atoms with Crippen LogP contribution in [0.2, 0.25) is 0 Å². The number of rotatable bonds is 1. The van der Waals surface area contributed by atoms with Gasteiger partial charge in [-0.3, -0.25) is 0 Å². The summed E-state index contributed by atoms with van der Waals surface area (Å²) in [5.74, 6) is 0.796. The van der Waals surface area contributed by atoms with Crippen LogP contribution in [0, 0.1) is 5.92 Å². The molecule has 3 unspecified atom stereocenters. The van der Waals surface area contributed by atoms with Crippen molar-refractivity contribution >= 4 is 0 Å². The van der Waals surface area contributed by atoms with Crippen molar-refractivity contribution in [3.63, 3.8) is 0 Å². The second kappa shape index (κ2) is 4.79. The summed E-state index contributed by atoms with van der Waals surface area (Å²) in [4.78, 5) is 2.56. The van der Waals surface area contributed by atoms with Crippen molar-refractivity contribution in [3.05, 3.63) is 35.9 Å². The molecule has 3 atom stereocenters. The highest BCUT2D eigenvalue weighted by Gasteiger charge is 2.38. The van der Waals surface area contributed by atoms with E-state index in [0.29, 0.717) is 6.04 Å². The normalized spacial score (nSPS) is 34.3. The number of likely N-dealkylation sites (N-methyl/N-ethyl adjacent to an activating group) is 1. The van der Waals surface area contributed by atoms with Gasteiger partial charge in [0.15, 0.2) is 0 Å². The third-order valence-corrected chi connectivity index (χ3v) is 4.51. The Kier molecular flexibility index (Phi) is 3.17. The van der Waals surface area contributed by atoms with Gasteiger partial charge in [-0.25, -0.2) is 0 Å². The molecule has 0 bridgehead atoms. The van der Waals surface area contributed by atoms with Crippen molar-refractivity contribution in [2.24, 2.45) is 5.92 Å². The van der Waals surface area contributed by atoms with Gasteiger partial charge >= 0.3 is 0 Å². The molecule has 0 aromatic heterocycles. The second-order valence-electron chi connectivity index (χ2n) is 5.49. The van der Waals surface area contributed by atoms with Crippen LogP contribution in [0.1, 0.15) is 30.9 Å². The molecule has 1 saturated carbocycles. The molecular weight excluding hydrogens is 208 g/mol. The zero-order valence-electron chi connectivity index (χ0n) is 10.6. The Labute approximate surface area is 104 Å². The third-order valence-electron chi connectivity index (χ3n) is 4.51. The molecule has 0 spiro atoms. The molecule has 3 rings (SSSR count). The quantitative estimate of drug-likeness (QED) is 0.797. The highest BCUT2D eigenvalue weighted by Crippen LogP contribution is 2.39. The molecular formula is C15H22N2. The Morgan fingerprint density at radius 3 is 2.82 bits per heavy atom. The Hall–Kier alpha value is -0.860. The second-order valence-corrected chi connectivity index (χ2v) is 5.49. The average Bonchev–Trinajstić information content (AvgIpc) is 2.79. The van der Waals surface area contributed by atoms with E-state index in [9.17, 15) is 0 Å².